The number of nitrogens with zero attached hydrogens (tertiary/aromatic N) is 2. The molecule has 59 valence electrons. The van der Waals surface area contributed by atoms with Crippen molar-refractivity contribution < 1.29 is 4.79 Å². The van der Waals surface area contributed by atoms with Crippen LogP contribution in [0.15, 0.2) is 17.8 Å². The van der Waals surface area contributed by atoms with E-state index < -0.39 is 0 Å². The number of carbonyl (C=O) groups excluding carboxylic acids is 1. The average Bonchev–Trinajstić information content (AvgIpc) is 2.77. The monoisotopic (exact) mass is 178 g/mol. The summed E-state index contributed by atoms with van der Waals surface area (Å²) in [5.41, 5.74) is 2.99. The second-order valence-electron chi connectivity index (χ2n) is 2.09. The third kappa shape index (κ3) is 1.14. The molecule has 0 aliphatic carbocycles. The lowest BCUT2D eigenvalue weighted by atomic mass is 10.3. The summed E-state index contributed by atoms with van der Waals surface area (Å²) in [5, 5.41) is 1.64. The molecule has 0 atom stereocenters. The van der Waals surface area contributed by atoms with E-state index in [1.807, 2.05) is 0 Å². The van der Waals surface area contributed by atoms with E-state index in [0.717, 1.165) is 0 Å². The molecule has 0 aromatic carbocycles. The fourth-order valence-electron chi connectivity index (χ4n) is 0.799. The van der Waals surface area contributed by atoms with Gasteiger partial charge in [0.15, 0.2) is 11.3 Å². The minimum atomic E-state index is -0.197. The van der Waals surface area contributed by atoms with Crippen LogP contribution in [0.5, 0.6) is 0 Å². The van der Waals surface area contributed by atoms with E-state index in [4.69, 9.17) is 0 Å². The normalized spacial score (nSPS) is 10.0. The van der Waals surface area contributed by atoms with Crippen LogP contribution in [0.2, 0.25) is 0 Å². The topological polar surface area (TPSA) is 58.6 Å². The lowest BCUT2D eigenvalue weighted by Gasteiger charge is -1.88. The summed E-state index contributed by atoms with van der Waals surface area (Å²) in [7, 11) is 0. The Balaban J connectivity index is 2.34. The van der Waals surface area contributed by atoms with E-state index >= 15 is 0 Å². The van der Waals surface area contributed by atoms with E-state index in [9.17, 15) is 4.79 Å². The van der Waals surface area contributed by atoms with Crippen LogP contribution < -0.4 is 0 Å². The van der Waals surface area contributed by atoms with E-state index in [0.29, 0.717) is 11.5 Å². The van der Waals surface area contributed by atoms with Gasteiger partial charge in [0.25, 0.3) is 0 Å². The Kier molecular flexibility index (Phi) is 1.71. The second kappa shape index (κ2) is 2.86. The number of aromatic amines is 1. The molecule has 1 N–H and O–H groups in total. The first-order valence-electron chi connectivity index (χ1n) is 3.23. The zero-order chi connectivity index (χ0) is 8.39. The summed E-state index contributed by atoms with van der Waals surface area (Å²) in [5.74, 6) is 0.117. The largest absolute Gasteiger partial charge is 0.342 e. The van der Waals surface area contributed by atoms with Crippen molar-refractivity contribution in [3.05, 3.63) is 34.8 Å². The minimum Gasteiger partial charge on any atom is -0.342 e. The quantitative estimate of drug-likeness (QED) is 0.695. The van der Waals surface area contributed by atoms with E-state index in [1.165, 1.54) is 17.5 Å². The Morgan fingerprint density at radius 1 is 1.67 bits per heavy atom. The first-order valence-corrected chi connectivity index (χ1v) is 4.11. The molecular formula is C7H4N3OS. The van der Waals surface area contributed by atoms with Crippen molar-refractivity contribution in [1.82, 2.24) is 15.0 Å². The number of imidazole rings is 1. The molecule has 0 aliphatic heterocycles. The Labute approximate surface area is 72.3 Å². The summed E-state index contributed by atoms with van der Waals surface area (Å²) in [6.45, 7) is 0. The third-order valence-electron chi connectivity index (χ3n) is 1.34. The lowest BCUT2D eigenvalue weighted by Crippen LogP contribution is -2.03. The highest BCUT2D eigenvalue weighted by atomic mass is 32.1. The molecule has 5 heteroatoms. The maximum atomic E-state index is 11.4. The fourth-order valence-corrected chi connectivity index (χ4v) is 1.27. The molecule has 0 fully saturated rings. The number of ketones is 1. The number of nitrogens with one attached hydrogen (secondary N) is 1. The molecule has 2 aromatic heterocycles. The van der Waals surface area contributed by atoms with Crippen LogP contribution in [0.1, 0.15) is 16.3 Å². The molecule has 0 aliphatic rings. The standard InChI is InChI=1S/C7H4N3OS/c11-6(5-3-12-4-10-5)7-8-1-2-9-7/h1-3H,(H,8,9). The van der Waals surface area contributed by atoms with E-state index in [-0.39, 0.29) is 5.78 Å². The molecule has 0 amide bonds. The summed E-state index contributed by atoms with van der Waals surface area (Å²) >= 11 is 1.27. The number of carbonyl (C=O) groups is 1. The Hall–Kier alpha value is -1.49. The smallest absolute Gasteiger partial charge is 0.247 e. The Morgan fingerprint density at radius 2 is 2.58 bits per heavy atom. The first-order chi connectivity index (χ1) is 5.88. The van der Waals surface area contributed by atoms with Gasteiger partial charge in [-0.15, -0.1) is 11.3 Å². The minimum absolute atomic E-state index is 0.197. The maximum Gasteiger partial charge on any atom is 0.247 e. The summed E-state index contributed by atoms with van der Waals surface area (Å²) < 4.78 is 0. The van der Waals surface area contributed by atoms with Gasteiger partial charge in [0.2, 0.25) is 5.78 Å². The van der Waals surface area contributed by atoms with Crippen molar-refractivity contribution in [3.63, 3.8) is 0 Å². The van der Waals surface area contributed by atoms with E-state index in [1.54, 1.807) is 11.6 Å². The molecule has 0 spiro atoms. The average molecular weight is 178 g/mol. The number of hydrogen-bond acceptors (Lipinski definition) is 4. The second-order valence-corrected chi connectivity index (χ2v) is 2.74. The van der Waals surface area contributed by atoms with Crippen LogP contribution in [-0.4, -0.2) is 20.7 Å². The predicted octanol–water partition coefficient (Wildman–Crippen LogP) is 0.897. The van der Waals surface area contributed by atoms with Gasteiger partial charge in [-0.25, -0.2) is 9.97 Å². The molecular weight excluding hydrogens is 174 g/mol. The highest BCUT2D eigenvalue weighted by Crippen LogP contribution is 2.04. The van der Waals surface area contributed by atoms with Gasteiger partial charge in [0.1, 0.15) is 5.69 Å². The molecule has 12 heavy (non-hydrogen) atoms. The molecule has 1 radical (unpaired) electrons. The number of aromatic nitrogens is 3. The van der Waals surface area contributed by atoms with Crippen LogP contribution >= 0.6 is 11.3 Å². The summed E-state index contributed by atoms with van der Waals surface area (Å²) in [6.07, 6.45) is 3.13. The molecule has 2 rings (SSSR count). The van der Waals surface area contributed by atoms with Gasteiger partial charge >= 0.3 is 0 Å². The lowest BCUT2D eigenvalue weighted by molar-refractivity contribution is 0.102. The van der Waals surface area contributed by atoms with Crippen molar-refractivity contribution in [3.8, 4) is 0 Å². The zero-order valence-corrected chi connectivity index (χ0v) is 6.76. The van der Waals surface area contributed by atoms with Crippen LogP contribution in [0.4, 0.5) is 0 Å². The number of hydrogen-bond donors (Lipinski definition) is 1. The van der Waals surface area contributed by atoms with Crippen LogP contribution in [0.3, 0.4) is 0 Å². The molecule has 0 saturated carbocycles. The number of H-pyrrole nitrogens is 1. The maximum absolute atomic E-state index is 11.4. The van der Waals surface area contributed by atoms with Gasteiger partial charge in [-0.3, -0.25) is 4.79 Å². The third-order valence-corrected chi connectivity index (χ3v) is 1.87. The summed E-state index contributed by atoms with van der Waals surface area (Å²) in [4.78, 5) is 21.7. The fraction of sp³-hybridized carbons (Fsp3) is 0. The molecule has 2 aromatic rings. The van der Waals surface area contributed by atoms with Crippen molar-refractivity contribution in [2.45, 2.75) is 0 Å². The van der Waals surface area contributed by atoms with Crippen LogP contribution in [0.25, 0.3) is 0 Å². The molecule has 2 heterocycles. The zero-order valence-electron chi connectivity index (χ0n) is 5.94. The van der Waals surface area contributed by atoms with Crippen molar-refractivity contribution >= 4 is 17.1 Å². The van der Waals surface area contributed by atoms with Gasteiger partial charge in [-0.05, 0) is 0 Å². The first kappa shape index (κ1) is 7.17. The molecule has 0 unspecified atom stereocenters. The van der Waals surface area contributed by atoms with Gasteiger partial charge in [0, 0.05) is 17.8 Å². The van der Waals surface area contributed by atoms with Crippen molar-refractivity contribution in [2.24, 2.45) is 0 Å². The molecule has 4 nitrogen and oxygen atoms in total. The van der Waals surface area contributed by atoms with E-state index in [2.05, 4.69) is 20.5 Å². The van der Waals surface area contributed by atoms with Gasteiger partial charge in [-0.1, -0.05) is 0 Å². The SMILES string of the molecule is O=C(c1cs[c]n1)c1ncc[nH]1. The van der Waals surface area contributed by atoms with Gasteiger partial charge in [0.05, 0.1) is 0 Å². The van der Waals surface area contributed by atoms with Crippen molar-refractivity contribution in [1.29, 1.82) is 0 Å². The predicted molar refractivity (Wildman–Crippen MR) is 43.0 cm³/mol. The Morgan fingerprint density at radius 3 is 3.17 bits per heavy atom. The highest BCUT2D eigenvalue weighted by Gasteiger charge is 2.12. The summed E-state index contributed by atoms with van der Waals surface area (Å²) in [6, 6.07) is 0. The van der Waals surface area contributed by atoms with Crippen molar-refractivity contribution in [2.75, 3.05) is 0 Å². The Bertz CT molecular complexity index is 329. The number of rotatable bonds is 2. The molecule has 0 saturated heterocycles. The molecule has 0 bridgehead atoms. The highest BCUT2D eigenvalue weighted by molar-refractivity contribution is 7.07. The van der Waals surface area contributed by atoms with Crippen LogP contribution in [0, 0.1) is 5.51 Å². The van der Waals surface area contributed by atoms with Gasteiger partial charge < -0.3 is 4.98 Å². The van der Waals surface area contributed by atoms with Gasteiger partial charge in [-0.2, -0.15) is 0 Å². The van der Waals surface area contributed by atoms with Crippen LogP contribution in [-0.2, 0) is 0 Å². The number of thiazole rings is 1.